The van der Waals surface area contributed by atoms with Crippen molar-refractivity contribution in [2.45, 2.75) is 13.5 Å². The van der Waals surface area contributed by atoms with E-state index in [-0.39, 0.29) is 6.61 Å². The maximum Gasteiger partial charge on any atom is 0.0889 e. The molecule has 0 radical (unpaired) electrons. The number of benzene rings is 2. The topological polar surface area (TPSA) is 58.3 Å². The average Bonchev–Trinajstić information content (AvgIpc) is 3.01. The largest absolute Gasteiger partial charge is 0.516 e. The molecule has 0 aliphatic carbocycles. The molecule has 0 spiro atoms. The molecule has 0 amide bonds. The molecule has 124 valence electrons. The second-order valence-corrected chi connectivity index (χ2v) is 5.55. The van der Waals surface area contributed by atoms with Crippen LogP contribution >= 0.6 is 11.6 Å². The number of aliphatic hydroxyl groups excluding tert-OH is 2. The van der Waals surface area contributed by atoms with Crippen LogP contribution in [-0.4, -0.2) is 20.0 Å². The van der Waals surface area contributed by atoms with Crippen molar-refractivity contribution in [1.82, 2.24) is 9.78 Å². The van der Waals surface area contributed by atoms with Crippen LogP contribution in [0.3, 0.4) is 0 Å². The van der Waals surface area contributed by atoms with E-state index >= 15 is 0 Å². The summed E-state index contributed by atoms with van der Waals surface area (Å²) in [6, 6.07) is 17.6. The lowest BCUT2D eigenvalue weighted by Crippen LogP contribution is -1.99. The van der Waals surface area contributed by atoms with Crippen LogP contribution < -0.4 is 0 Å². The van der Waals surface area contributed by atoms with E-state index in [1.807, 2.05) is 35.0 Å². The SMILES string of the molecule is C=CO.Cc1ccc(-c2cc(CO)nn2-c2ccc(Cl)cc2)cc1. The van der Waals surface area contributed by atoms with E-state index in [2.05, 4.69) is 42.9 Å². The second-order valence-electron chi connectivity index (χ2n) is 5.12. The molecule has 0 saturated carbocycles. The van der Waals surface area contributed by atoms with Crippen LogP contribution in [0.15, 0.2) is 67.4 Å². The summed E-state index contributed by atoms with van der Waals surface area (Å²) in [5.41, 5.74) is 4.76. The highest BCUT2D eigenvalue weighted by Crippen LogP contribution is 2.25. The Bertz CT molecular complexity index is 730. The second kappa shape index (κ2) is 8.34. The molecule has 5 heteroatoms. The molecule has 3 rings (SSSR count). The summed E-state index contributed by atoms with van der Waals surface area (Å²) in [5.74, 6) is 0. The van der Waals surface area contributed by atoms with Gasteiger partial charge in [-0.05, 0) is 37.3 Å². The van der Waals surface area contributed by atoms with Gasteiger partial charge in [-0.1, -0.05) is 48.0 Å². The molecule has 4 nitrogen and oxygen atoms in total. The van der Waals surface area contributed by atoms with Crippen molar-refractivity contribution in [1.29, 1.82) is 0 Å². The minimum absolute atomic E-state index is 0.0839. The van der Waals surface area contributed by atoms with Gasteiger partial charge in [-0.25, -0.2) is 4.68 Å². The Morgan fingerprint density at radius 2 is 1.71 bits per heavy atom. The van der Waals surface area contributed by atoms with Crippen LogP contribution in [0.2, 0.25) is 5.02 Å². The van der Waals surface area contributed by atoms with Crippen LogP contribution in [0.25, 0.3) is 16.9 Å². The Kier molecular flexibility index (Phi) is 6.18. The first-order chi connectivity index (χ1) is 11.6. The minimum atomic E-state index is -0.0839. The fourth-order valence-corrected chi connectivity index (χ4v) is 2.34. The number of halogens is 1. The first-order valence-corrected chi connectivity index (χ1v) is 7.74. The predicted octanol–water partition coefficient (Wildman–Crippen LogP) is 4.68. The summed E-state index contributed by atoms with van der Waals surface area (Å²) in [5, 5.41) is 21.8. The van der Waals surface area contributed by atoms with Crippen LogP contribution in [0.1, 0.15) is 11.3 Å². The Balaban J connectivity index is 0.000000647. The molecule has 2 N–H and O–H groups in total. The third kappa shape index (κ3) is 4.25. The summed E-state index contributed by atoms with van der Waals surface area (Å²) in [6.07, 6.45) is 0.750. The molecule has 0 unspecified atom stereocenters. The maximum atomic E-state index is 9.36. The number of hydrogen-bond donors (Lipinski definition) is 2. The Hall–Kier alpha value is -2.56. The minimum Gasteiger partial charge on any atom is -0.516 e. The standard InChI is InChI=1S/C17H15ClN2O.C2H4O/c1-12-2-4-13(5-3-12)17-10-15(11-21)19-20(17)16-8-6-14(18)7-9-16;1-2-3/h2-10,21H,11H2,1H3;2-3H,1H2. The zero-order valence-electron chi connectivity index (χ0n) is 13.4. The molecule has 1 heterocycles. The summed E-state index contributed by atoms with van der Waals surface area (Å²) in [4.78, 5) is 0. The van der Waals surface area contributed by atoms with Crippen molar-refractivity contribution >= 4 is 11.6 Å². The van der Waals surface area contributed by atoms with Crippen LogP contribution in [0.4, 0.5) is 0 Å². The smallest absolute Gasteiger partial charge is 0.0889 e. The molecule has 0 aliphatic rings. The average molecular weight is 343 g/mol. The molecule has 0 saturated heterocycles. The predicted molar refractivity (Wildman–Crippen MR) is 97.5 cm³/mol. The highest BCUT2D eigenvalue weighted by molar-refractivity contribution is 6.30. The third-order valence-corrected chi connectivity index (χ3v) is 3.59. The van der Waals surface area contributed by atoms with Crippen molar-refractivity contribution in [2.75, 3.05) is 0 Å². The van der Waals surface area contributed by atoms with E-state index in [1.165, 1.54) is 5.56 Å². The first kappa shape index (κ1) is 17.8. The van der Waals surface area contributed by atoms with E-state index in [4.69, 9.17) is 16.7 Å². The van der Waals surface area contributed by atoms with Crippen molar-refractivity contribution in [2.24, 2.45) is 0 Å². The Morgan fingerprint density at radius 3 is 2.25 bits per heavy atom. The highest BCUT2D eigenvalue weighted by atomic mass is 35.5. The van der Waals surface area contributed by atoms with Crippen molar-refractivity contribution in [3.63, 3.8) is 0 Å². The van der Waals surface area contributed by atoms with Crippen LogP contribution in [0, 0.1) is 6.92 Å². The van der Waals surface area contributed by atoms with Gasteiger partial charge in [0.1, 0.15) is 0 Å². The van der Waals surface area contributed by atoms with E-state index in [0.717, 1.165) is 23.2 Å². The molecule has 0 fully saturated rings. The van der Waals surface area contributed by atoms with Gasteiger partial charge in [0.05, 0.1) is 29.9 Å². The molecule has 2 aromatic carbocycles. The van der Waals surface area contributed by atoms with E-state index < -0.39 is 0 Å². The number of aromatic nitrogens is 2. The lowest BCUT2D eigenvalue weighted by atomic mass is 10.1. The van der Waals surface area contributed by atoms with Gasteiger partial charge in [-0.3, -0.25) is 0 Å². The van der Waals surface area contributed by atoms with Gasteiger partial charge >= 0.3 is 0 Å². The van der Waals surface area contributed by atoms with Crippen LogP contribution in [-0.2, 0) is 6.61 Å². The van der Waals surface area contributed by atoms with Gasteiger partial charge in [0.25, 0.3) is 0 Å². The van der Waals surface area contributed by atoms with Gasteiger partial charge < -0.3 is 10.2 Å². The quantitative estimate of drug-likeness (QED) is 0.679. The summed E-state index contributed by atoms with van der Waals surface area (Å²) in [7, 11) is 0. The van der Waals surface area contributed by atoms with Crippen molar-refractivity contribution in [3.8, 4) is 16.9 Å². The summed E-state index contributed by atoms with van der Waals surface area (Å²) in [6.45, 7) is 4.89. The Morgan fingerprint density at radius 1 is 1.12 bits per heavy atom. The van der Waals surface area contributed by atoms with Crippen LogP contribution in [0.5, 0.6) is 0 Å². The maximum absolute atomic E-state index is 9.36. The third-order valence-electron chi connectivity index (χ3n) is 3.34. The molecule has 24 heavy (non-hydrogen) atoms. The normalized spacial score (nSPS) is 9.96. The van der Waals surface area contributed by atoms with Gasteiger partial charge in [0.2, 0.25) is 0 Å². The first-order valence-electron chi connectivity index (χ1n) is 7.37. The fourth-order valence-electron chi connectivity index (χ4n) is 2.22. The number of aryl methyl sites for hydroxylation is 1. The summed E-state index contributed by atoms with van der Waals surface area (Å²) >= 11 is 5.94. The molecule has 0 atom stereocenters. The fraction of sp³-hybridized carbons (Fsp3) is 0.105. The van der Waals surface area contributed by atoms with Crippen molar-refractivity contribution in [3.05, 3.63) is 83.7 Å². The summed E-state index contributed by atoms with van der Waals surface area (Å²) < 4.78 is 1.83. The van der Waals surface area contributed by atoms with E-state index in [0.29, 0.717) is 10.7 Å². The molecule has 0 aliphatic heterocycles. The molecule has 1 aromatic heterocycles. The molecule has 0 bridgehead atoms. The highest BCUT2D eigenvalue weighted by Gasteiger charge is 2.11. The zero-order valence-corrected chi connectivity index (χ0v) is 14.1. The van der Waals surface area contributed by atoms with E-state index in [1.54, 1.807) is 0 Å². The Labute approximate surface area is 146 Å². The number of aliphatic hydroxyl groups is 2. The van der Waals surface area contributed by atoms with Gasteiger partial charge in [-0.15, -0.1) is 0 Å². The molecular weight excluding hydrogens is 324 g/mol. The molecular formula is C19H19ClN2O2. The number of rotatable bonds is 3. The lowest BCUT2D eigenvalue weighted by molar-refractivity contribution is 0.276. The van der Waals surface area contributed by atoms with Gasteiger partial charge in [0.15, 0.2) is 0 Å². The molecule has 3 aromatic rings. The van der Waals surface area contributed by atoms with Gasteiger partial charge in [0, 0.05) is 10.6 Å². The lowest BCUT2D eigenvalue weighted by Gasteiger charge is -2.08. The zero-order chi connectivity index (χ0) is 17.5. The number of hydrogen-bond acceptors (Lipinski definition) is 3. The van der Waals surface area contributed by atoms with E-state index in [9.17, 15) is 5.11 Å². The van der Waals surface area contributed by atoms with Crippen molar-refractivity contribution < 1.29 is 10.2 Å². The monoisotopic (exact) mass is 342 g/mol. The number of nitrogens with zero attached hydrogens (tertiary/aromatic N) is 2. The van der Waals surface area contributed by atoms with Gasteiger partial charge in [-0.2, -0.15) is 5.10 Å².